The van der Waals surface area contributed by atoms with Crippen LogP contribution < -0.4 is 0 Å². The van der Waals surface area contributed by atoms with Gasteiger partial charge in [0.1, 0.15) is 5.25 Å². The molecule has 0 radical (unpaired) electrons. The van der Waals surface area contributed by atoms with Gasteiger partial charge in [-0.05, 0) is 37.0 Å². The van der Waals surface area contributed by atoms with Gasteiger partial charge in [-0.25, -0.2) is 0 Å². The second kappa shape index (κ2) is 5.95. The third kappa shape index (κ3) is 3.69. The summed E-state index contributed by atoms with van der Waals surface area (Å²) in [7, 11) is 0. The Morgan fingerprint density at radius 2 is 1.88 bits per heavy atom. The lowest BCUT2D eigenvalue weighted by Crippen LogP contribution is -2.29. The second-order valence-electron chi connectivity index (χ2n) is 5.53. The highest BCUT2D eigenvalue weighted by Gasteiger charge is 2.30. The molecule has 94 valence electrons. The second-order valence-corrected chi connectivity index (χ2v) is 6.98. The Hall–Kier alpha value is -0.180. The molecule has 1 N–H and O–H groups in total. The SMILES string of the molecule is CC(C)C(SC1CCC(C)C(C)C1)C(=O)O. The molecule has 1 saturated carbocycles. The van der Waals surface area contributed by atoms with Gasteiger partial charge in [-0.3, -0.25) is 4.79 Å². The van der Waals surface area contributed by atoms with E-state index in [1.54, 1.807) is 11.8 Å². The first-order valence-corrected chi connectivity index (χ1v) is 7.24. The summed E-state index contributed by atoms with van der Waals surface area (Å²) < 4.78 is 0. The van der Waals surface area contributed by atoms with Gasteiger partial charge in [-0.2, -0.15) is 0 Å². The van der Waals surface area contributed by atoms with E-state index in [1.165, 1.54) is 19.3 Å². The van der Waals surface area contributed by atoms with Crippen molar-refractivity contribution in [1.82, 2.24) is 0 Å². The van der Waals surface area contributed by atoms with Crippen LogP contribution in [0, 0.1) is 17.8 Å². The van der Waals surface area contributed by atoms with Crippen molar-refractivity contribution in [1.29, 1.82) is 0 Å². The first-order valence-electron chi connectivity index (χ1n) is 6.30. The fourth-order valence-corrected chi connectivity index (χ4v) is 3.86. The fourth-order valence-electron chi connectivity index (χ4n) is 2.33. The van der Waals surface area contributed by atoms with Crippen LogP contribution in [0.1, 0.15) is 47.0 Å². The Balaban J connectivity index is 2.50. The Labute approximate surface area is 103 Å². The van der Waals surface area contributed by atoms with Crippen molar-refractivity contribution in [3.05, 3.63) is 0 Å². The van der Waals surface area contributed by atoms with E-state index in [0.29, 0.717) is 5.25 Å². The Bertz CT molecular complexity index is 240. The van der Waals surface area contributed by atoms with Crippen molar-refractivity contribution in [2.24, 2.45) is 17.8 Å². The van der Waals surface area contributed by atoms with Gasteiger partial charge in [0.25, 0.3) is 0 Å². The minimum Gasteiger partial charge on any atom is -0.480 e. The minimum atomic E-state index is -0.647. The molecule has 1 aliphatic rings. The van der Waals surface area contributed by atoms with Crippen LogP contribution in [0.2, 0.25) is 0 Å². The molecule has 1 rings (SSSR count). The summed E-state index contributed by atoms with van der Waals surface area (Å²) in [5.74, 6) is 1.12. The number of rotatable bonds is 4. The molecule has 0 aromatic rings. The van der Waals surface area contributed by atoms with Crippen LogP contribution in [0.25, 0.3) is 0 Å². The van der Waals surface area contributed by atoms with E-state index in [1.807, 2.05) is 13.8 Å². The van der Waals surface area contributed by atoms with Gasteiger partial charge >= 0.3 is 5.97 Å². The number of carbonyl (C=O) groups is 1. The number of carboxylic acids is 1. The molecule has 0 bridgehead atoms. The monoisotopic (exact) mass is 244 g/mol. The summed E-state index contributed by atoms with van der Waals surface area (Å²) in [6.45, 7) is 8.60. The number of carboxylic acid groups (broad SMARTS) is 1. The van der Waals surface area contributed by atoms with Crippen LogP contribution in [0.15, 0.2) is 0 Å². The molecule has 0 aliphatic heterocycles. The van der Waals surface area contributed by atoms with E-state index in [9.17, 15) is 9.90 Å². The quantitative estimate of drug-likeness (QED) is 0.820. The average Bonchev–Trinajstić information content (AvgIpc) is 2.18. The molecule has 1 aliphatic carbocycles. The van der Waals surface area contributed by atoms with Crippen LogP contribution in [-0.2, 0) is 4.79 Å². The summed E-state index contributed by atoms with van der Waals surface area (Å²) in [4.78, 5) is 11.1. The maximum Gasteiger partial charge on any atom is 0.316 e. The summed E-state index contributed by atoms with van der Waals surface area (Å²) in [6.07, 6.45) is 3.62. The molecule has 0 aromatic carbocycles. The largest absolute Gasteiger partial charge is 0.480 e. The van der Waals surface area contributed by atoms with Gasteiger partial charge in [0, 0.05) is 5.25 Å². The highest BCUT2D eigenvalue weighted by Crippen LogP contribution is 2.38. The smallest absolute Gasteiger partial charge is 0.316 e. The summed E-state index contributed by atoms with van der Waals surface area (Å²) in [5.41, 5.74) is 0. The summed E-state index contributed by atoms with van der Waals surface area (Å²) in [5, 5.41) is 9.49. The molecular formula is C13H24O2S. The minimum absolute atomic E-state index is 0.220. The molecular weight excluding hydrogens is 220 g/mol. The zero-order chi connectivity index (χ0) is 12.3. The van der Waals surface area contributed by atoms with Crippen molar-refractivity contribution in [2.45, 2.75) is 57.5 Å². The Morgan fingerprint density at radius 1 is 1.25 bits per heavy atom. The maximum absolute atomic E-state index is 11.1. The van der Waals surface area contributed by atoms with Crippen molar-refractivity contribution in [2.75, 3.05) is 0 Å². The molecule has 0 spiro atoms. The highest BCUT2D eigenvalue weighted by atomic mass is 32.2. The highest BCUT2D eigenvalue weighted by molar-refractivity contribution is 8.01. The number of aliphatic carboxylic acids is 1. The number of hydrogen-bond donors (Lipinski definition) is 1. The van der Waals surface area contributed by atoms with Crippen LogP contribution in [0.5, 0.6) is 0 Å². The first kappa shape index (κ1) is 13.9. The normalized spacial score (nSPS) is 32.7. The molecule has 0 heterocycles. The topological polar surface area (TPSA) is 37.3 Å². The standard InChI is InChI=1S/C13H24O2S/c1-8(2)12(13(14)15)16-11-6-5-9(3)10(4)7-11/h8-12H,5-7H2,1-4H3,(H,14,15). The zero-order valence-corrected chi connectivity index (χ0v) is 11.6. The fraction of sp³-hybridized carbons (Fsp3) is 0.923. The van der Waals surface area contributed by atoms with Crippen LogP contribution in [0.4, 0.5) is 0 Å². The van der Waals surface area contributed by atoms with Crippen LogP contribution >= 0.6 is 11.8 Å². The van der Waals surface area contributed by atoms with Crippen LogP contribution in [-0.4, -0.2) is 21.6 Å². The van der Waals surface area contributed by atoms with Gasteiger partial charge in [-0.1, -0.05) is 27.7 Å². The maximum atomic E-state index is 11.1. The molecule has 0 aromatic heterocycles. The van der Waals surface area contributed by atoms with E-state index < -0.39 is 5.97 Å². The Morgan fingerprint density at radius 3 is 2.31 bits per heavy atom. The number of hydrogen-bond acceptors (Lipinski definition) is 2. The first-order chi connectivity index (χ1) is 7.41. The molecule has 4 atom stereocenters. The lowest BCUT2D eigenvalue weighted by molar-refractivity contribution is -0.137. The lowest BCUT2D eigenvalue weighted by atomic mass is 9.81. The average molecular weight is 244 g/mol. The molecule has 16 heavy (non-hydrogen) atoms. The number of thioether (sulfide) groups is 1. The van der Waals surface area contributed by atoms with Crippen LogP contribution in [0.3, 0.4) is 0 Å². The molecule has 4 unspecified atom stereocenters. The van der Waals surface area contributed by atoms with Gasteiger partial charge in [-0.15, -0.1) is 11.8 Å². The van der Waals surface area contributed by atoms with Crippen molar-refractivity contribution in [3.63, 3.8) is 0 Å². The predicted octanol–water partition coefficient (Wildman–Crippen LogP) is 3.65. The van der Waals surface area contributed by atoms with Crippen molar-refractivity contribution < 1.29 is 9.90 Å². The molecule has 1 fully saturated rings. The Kier molecular flexibility index (Phi) is 5.16. The van der Waals surface area contributed by atoms with E-state index >= 15 is 0 Å². The molecule has 2 nitrogen and oxygen atoms in total. The third-order valence-corrected chi connectivity index (χ3v) is 5.59. The summed E-state index contributed by atoms with van der Waals surface area (Å²) in [6, 6.07) is 0. The predicted molar refractivity (Wildman–Crippen MR) is 69.8 cm³/mol. The lowest BCUT2D eigenvalue weighted by Gasteiger charge is -2.33. The van der Waals surface area contributed by atoms with Gasteiger partial charge in [0.2, 0.25) is 0 Å². The molecule has 3 heteroatoms. The van der Waals surface area contributed by atoms with Gasteiger partial charge < -0.3 is 5.11 Å². The van der Waals surface area contributed by atoms with E-state index in [-0.39, 0.29) is 11.2 Å². The van der Waals surface area contributed by atoms with Crippen molar-refractivity contribution in [3.8, 4) is 0 Å². The molecule has 0 amide bonds. The van der Waals surface area contributed by atoms with Gasteiger partial charge in [0.15, 0.2) is 0 Å². The van der Waals surface area contributed by atoms with Gasteiger partial charge in [0.05, 0.1) is 0 Å². The zero-order valence-electron chi connectivity index (χ0n) is 10.8. The van der Waals surface area contributed by atoms with E-state index in [0.717, 1.165) is 11.8 Å². The van der Waals surface area contributed by atoms with Crippen molar-refractivity contribution >= 4 is 17.7 Å². The van der Waals surface area contributed by atoms with E-state index in [4.69, 9.17) is 0 Å². The summed E-state index contributed by atoms with van der Waals surface area (Å²) >= 11 is 1.69. The van der Waals surface area contributed by atoms with E-state index in [2.05, 4.69) is 13.8 Å². The third-order valence-electron chi connectivity index (χ3n) is 3.74. The molecule has 0 saturated heterocycles.